The van der Waals surface area contributed by atoms with Crippen molar-refractivity contribution in [1.29, 1.82) is 0 Å². The summed E-state index contributed by atoms with van der Waals surface area (Å²) in [7, 11) is 0. The Balaban J connectivity index is 1.90. The molecule has 6 nitrogen and oxygen atoms in total. The summed E-state index contributed by atoms with van der Waals surface area (Å²) in [5, 5.41) is 20.8. The van der Waals surface area contributed by atoms with Gasteiger partial charge in [0.25, 0.3) is 0 Å². The van der Waals surface area contributed by atoms with E-state index >= 15 is 0 Å². The Morgan fingerprint density at radius 3 is 2.80 bits per heavy atom. The Morgan fingerprint density at radius 1 is 1.28 bits per heavy atom. The second-order valence-electron chi connectivity index (χ2n) is 6.31. The Bertz CT molecular complexity index is 834. The van der Waals surface area contributed by atoms with Crippen LogP contribution < -0.4 is 10.6 Å². The number of nitrogens with zero attached hydrogens (tertiary/aromatic N) is 3. The van der Waals surface area contributed by atoms with Crippen molar-refractivity contribution < 1.29 is 5.11 Å². The van der Waals surface area contributed by atoms with Gasteiger partial charge in [0.1, 0.15) is 5.82 Å². The fourth-order valence-corrected chi connectivity index (χ4v) is 2.97. The first-order valence-corrected chi connectivity index (χ1v) is 9.05. The number of aliphatic hydroxyl groups is 1. The molecular formula is C18H22BrN5O. The first-order valence-electron chi connectivity index (χ1n) is 8.26. The summed E-state index contributed by atoms with van der Waals surface area (Å²) in [6.45, 7) is 4.91. The van der Waals surface area contributed by atoms with E-state index in [2.05, 4.69) is 50.5 Å². The van der Waals surface area contributed by atoms with Gasteiger partial charge in [0.05, 0.1) is 28.8 Å². The molecule has 1 atom stereocenters. The molecule has 7 heteroatoms. The standard InChI is InChI=1S/C18H22BrN5O/c1-12(2)16(11-25)23-14-6-17-15(19)10-22-24(17)18(7-14)21-9-13-4-3-5-20-8-13/h3-8,10,12,16,21,23,25H,9,11H2,1-2H3/t16-/m0/s1. The number of aliphatic hydroxyl groups excluding tert-OH is 1. The van der Waals surface area contributed by atoms with Crippen molar-refractivity contribution in [3.8, 4) is 0 Å². The number of halogens is 1. The minimum atomic E-state index is -0.00433. The highest BCUT2D eigenvalue weighted by molar-refractivity contribution is 9.10. The highest BCUT2D eigenvalue weighted by Crippen LogP contribution is 2.27. The Hall–Kier alpha value is -2.12. The lowest BCUT2D eigenvalue weighted by Gasteiger charge is -2.22. The number of rotatable bonds is 7. The number of nitrogens with one attached hydrogen (secondary N) is 2. The van der Waals surface area contributed by atoms with Gasteiger partial charge in [-0.2, -0.15) is 5.10 Å². The van der Waals surface area contributed by atoms with E-state index < -0.39 is 0 Å². The zero-order valence-electron chi connectivity index (χ0n) is 14.3. The third-order valence-corrected chi connectivity index (χ3v) is 4.73. The lowest BCUT2D eigenvalue weighted by Crippen LogP contribution is -2.29. The van der Waals surface area contributed by atoms with E-state index in [0.717, 1.165) is 27.1 Å². The molecule has 132 valence electrons. The monoisotopic (exact) mass is 403 g/mol. The summed E-state index contributed by atoms with van der Waals surface area (Å²) < 4.78 is 2.78. The lowest BCUT2D eigenvalue weighted by molar-refractivity contribution is 0.249. The second kappa shape index (κ2) is 7.84. The average molecular weight is 404 g/mol. The topological polar surface area (TPSA) is 74.5 Å². The largest absolute Gasteiger partial charge is 0.394 e. The highest BCUT2D eigenvalue weighted by Gasteiger charge is 2.14. The number of aromatic nitrogens is 3. The van der Waals surface area contributed by atoms with Gasteiger partial charge in [0.2, 0.25) is 0 Å². The molecule has 0 aromatic carbocycles. The van der Waals surface area contributed by atoms with Crippen LogP contribution in [-0.2, 0) is 6.54 Å². The smallest absolute Gasteiger partial charge is 0.130 e. The zero-order chi connectivity index (χ0) is 17.8. The molecule has 0 spiro atoms. The quantitative estimate of drug-likeness (QED) is 0.562. The first-order chi connectivity index (χ1) is 12.1. The van der Waals surface area contributed by atoms with E-state index in [0.29, 0.717) is 12.5 Å². The van der Waals surface area contributed by atoms with Gasteiger partial charge in [0.15, 0.2) is 0 Å². The molecule has 3 heterocycles. The maximum absolute atomic E-state index is 9.60. The minimum Gasteiger partial charge on any atom is -0.394 e. The molecule has 0 aliphatic heterocycles. The van der Waals surface area contributed by atoms with Crippen molar-refractivity contribution in [1.82, 2.24) is 14.6 Å². The van der Waals surface area contributed by atoms with Crippen LogP contribution in [0, 0.1) is 5.92 Å². The second-order valence-corrected chi connectivity index (χ2v) is 7.17. The van der Waals surface area contributed by atoms with Crippen LogP contribution in [0.4, 0.5) is 11.5 Å². The summed E-state index contributed by atoms with van der Waals surface area (Å²) in [6.07, 6.45) is 5.38. The van der Waals surface area contributed by atoms with E-state index in [1.807, 2.05) is 35.0 Å². The van der Waals surface area contributed by atoms with Crippen LogP contribution in [0.15, 0.2) is 47.3 Å². The molecule has 3 aromatic heterocycles. The Kier molecular flexibility index (Phi) is 5.55. The molecule has 0 aliphatic carbocycles. The van der Waals surface area contributed by atoms with Crippen molar-refractivity contribution in [2.75, 3.05) is 17.2 Å². The average Bonchev–Trinajstić information content (AvgIpc) is 2.99. The van der Waals surface area contributed by atoms with Crippen LogP contribution in [0.25, 0.3) is 5.52 Å². The molecule has 0 radical (unpaired) electrons. The minimum absolute atomic E-state index is 0.00433. The van der Waals surface area contributed by atoms with Gasteiger partial charge >= 0.3 is 0 Å². The molecule has 0 bridgehead atoms. The third-order valence-electron chi connectivity index (χ3n) is 4.12. The van der Waals surface area contributed by atoms with Gasteiger partial charge in [0, 0.05) is 30.7 Å². The SMILES string of the molecule is CC(C)[C@H](CO)Nc1cc(NCc2cccnc2)n2ncc(Br)c2c1. The van der Waals surface area contributed by atoms with E-state index in [-0.39, 0.29) is 12.6 Å². The number of hydrogen-bond donors (Lipinski definition) is 3. The van der Waals surface area contributed by atoms with Crippen LogP contribution in [-0.4, -0.2) is 32.4 Å². The molecule has 3 N–H and O–H groups in total. The van der Waals surface area contributed by atoms with Crippen LogP contribution in [0.3, 0.4) is 0 Å². The third kappa shape index (κ3) is 4.11. The Labute approximate surface area is 155 Å². The van der Waals surface area contributed by atoms with Crippen molar-refractivity contribution in [3.05, 3.63) is 52.9 Å². The van der Waals surface area contributed by atoms with E-state index in [1.165, 1.54) is 0 Å². The predicted octanol–water partition coefficient (Wildman–Crippen LogP) is 3.53. The maximum atomic E-state index is 9.60. The van der Waals surface area contributed by atoms with Crippen LogP contribution >= 0.6 is 15.9 Å². The van der Waals surface area contributed by atoms with Gasteiger partial charge in [-0.15, -0.1) is 0 Å². The highest BCUT2D eigenvalue weighted by atomic mass is 79.9. The number of hydrogen-bond acceptors (Lipinski definition) is 5. The fraction of sp³-hybridized carbons (Fsp3) is 0.333. The molecule has 0 aliphatic rings. The molecule has 0 saturated carbocycles. The molecule has 0 saturated heterocycles. The van der Waals surface area contributed by atoms with Crippen molar-refractivity contribution in [2.45, 2.75) is 26.4 Å². The maximum Gasteiger partial charge on any atom is 0.130 e. The lowest BCUT2D eigenvalue weighted by atomic mass is 10.1. The summed E-state index contributed by atoms with van der Waals surface area (Å²) >= 11 is 3.55. The number of anilines is 2. The normalized spacial score (nSPS) is 12.5. The number of pyridine rings is 2. The van der Waals surface area contributed by atoms with Crippen LogP contribution in [0.5, 0.6) is 0 Å². The van der Waals surface area contributed by atoms with Gasteiger partial charge in [-0.1, -0.05) is 19.9 Å². The van der Waals surface area contributed by atoms with Gasteiger partial charge in [-0.3, -0.25) is 4.98 Å². The molecule has 0 fully saturated rings. The molecule has 3 aromatic rings. The van der Waals surface area contributed by atoms with Gasteiger partial charge in [-0.05, 0) is 39.5 Å². The van der Waals surface area contributed by atoms with E-state index in [4.69, 9.17) is 0 Å². The molecule has 0 amide bonds. The summed E-state index contributed by atoms with van der Waals surface area (Å²) in [6, 6.07) is 7.98. The summed E-state index contributed by atoms with van der Waals surface area (Å²) in [4.78, 5) is 4.14. The van der Waals surface area contributed by atoms with Crippen LogP contribution in [0.1, 0.15) is 19.4 Å². The van der Waals surface area contributed by atoms with Crippen molar-refractivity contribution in [2.24, 2.45) is 5.92 Å². The van der Waals surface area contributed by atoms with Crippen molar-refractivity contribution >= 4 is 33.0 Å². The molecule has 25 heavy (non-hydrogen) atoms. The summed E-state index contributed by atoms with van der Waals surface area (Å²) in [5.41, 5.74) is 2.99. The molecular weight excluding hydrogens is 382 g/mol. The fourth-order valence-electron chi connectivity index (χ4n) is 2.60. The van der Waals surface area contributed by atoms with Crippen LogP contribution in [0.2, 0.25) is 0 Å². The zero-order valence-corrected chi connectivity index (χ0v) is 15.9. The predicted molar refractivity (Wildman–Crippen MR) is 104 cm³/mol. The van der Waals surface area contributed by atoms with E-state index in [1.54, 1.807) is 12.4 Å². The van der Waals surface area contributed by atoms with Gasteiger partial charge in [-0.25, -0.2) is 4.52 Å². The number of fused-ring (bicyclic) bond motifs is 1. The first kappa shape index (κ1) is 17.7. The Morgan fingerprint density at radius 2 is 2.12 bits per heavy atom. The van der Waals surface area contributed by atoms with E-state index in [9.17, 15) is 5.11 Å². The summed E-state index contributed by atoms with van der Waals surface area (Å²) in [5.74, 6) is 1.19. The molecule has 0 unspecified atom stereocenters. The van der Waals surface area contributed by atoms with Crippen molar-refractivity contribution in [3.63, 3.8) is 0 Å². The molecule has 3 rings (SSSR count). The van der Waals surface area contributed by atoms with Gasteiger partial charge < -0.3 is 15.7 Å².